The molecule has 84 valence electrons. The fourth-order valence-electron chi connectivity index (χ4n) is 1.10. The molecule has 0 aliphatic carbocycles. The van der Waals surface area contributed by atoms with E-state index in [2.05, 4.69) is 6.58 Å². The van der Waals surface area contributed by atoms with E-state index in [0.717, 1.165) is 6.08 Å². The van der Waals surface area contributed by atoms with Crippen LogP contribution in [0.3, 0.4) is 0 Å². The normalized spacial score (nSPS) is 9.50. The summed E-state index contributed by atoms with van der Waals surface area (Å²) in [5, 5.41) is 8.75. The van der Waals surface area contributed by atoms with E-state index in [1.54, 1.807) is 16.8 Å². The van der Waals surface area contributed by atoms with E-state index >= 15 is 0 Å². The quantitative estimate of drug-likeness (QED) is 0.445. The number of aromatic nitrogens is 1. The van der Waals surface area contributed by atoms with Crippen molar-refractivity contribution in [1.29, 1.82) is 0 Å². The van der Waals surface area contributed by atoms with Gasteiger partial charge in [0.25, 0.3) is 0 Å². The van der Waals surface area contributed by atoms with Gasteiger partial charge in [0, 0.05) is 12.1 Å². The zero-order chi connectivity index (χ0) is 12.0. The van der Waals surface area contributed by atoms with E-state index < -0.39 is 11.9 Å². The van der Waals surface area contributed by atoms with Crippen molar-refractivity contribution in [3.63, 3.8) is 0 Å². The summed E-state index contributed by atoms with van der Waals surface area (Å²) in [4.78, 5) is 21.4. The van der Waals surface area contributed by atoms with Crippen LogP contribution in [0.5, 0.6) is 0 Å². The lowest BCUT2D eigenvalue weighted by atomic mass is 10.3. The van der Waals surface area contributed by atoms with Gasteiger partial charge in [-0.25, -0.2) is 14.2 Å². The molecule has 0 amide bonds. The summed E-state index contributed by atoms with van der Waals surface area (Å²) in [5.74, 6) is -1.48. The molecule has 16 heavy (non-hydrogen) atoms. The highest BCUT2D eigenvalue weighted by atomic mass is 16.5. The molecule has 1 aromatic heterocycles. The summed E-state index contributed by atoms with van der Waals surface area (Å²) in [6, 6.07) is 3.12. The van der Waals surface area contributed by atoms with Gasteiger partial charge in [0.15, 0.2) is 25.5 Å². The first kappa shape index (κ1) is 11.9. The predicted molar refractivity (Wildman–Crippen MR) is 54.8 cm³/mol. The van der Waals surface area contributed by atoms with Crippen LogP contribution in [0.25, 0.3) is 0 Å². The molecule has 0 spiro atoms. The number of carboxylic acids is 1. The smallest absolute Gasteiger partial charge is 0.341 e. The third kappa shape index (κ3) is 3.53. The van der Waals surface area contributed by atoms with Crippen molar-refractivity contribution in [2.45, 2.75) is 6.54 Å². The molecular formula is C11H12NO4+. The van der Waals surface area contributed by atoms with Gasteiger partial charge in [-0.3, -0.25) is 0 Å². The summed E-state index contributed by atoms with van der Waals surface area (Å²) >= 11 is 0. The van der Waals surface area contributed by atoms with E-state index in [4.69, 9.17) is 9.84 Å². The van der Waals surface area contributed by atoms with Gasteiger partial charge in [-0.15, -0.1) is 0 Å². The number of hydrogen-bond acceptors (Lipinski definition) is 3. The second-order valence-corrected chi connectivity index (χ2v) is 3.01. The van der Waals surface area contributed by atoms with Gasteiger partial charge in [0.2, 0.25) is 0 Å². The Kier molecular flexibility index (Phi) is 4.20. The summed E-state index contributed by atoms with van der Waals surface area (Å²) in [6.45, 7) is 3.85. The second kappa shape index (κ2) is 5.65. The van der Waals surface area contributed by atoms with Crippen molar-refractivity contribution in [2.24, 2.45) is 0 Å². The number of aromatic carboxylic acids is 1. The number of nitrogens with zero attached hydrogens (tertiary/aromatic N) is 1. The third-order valence-corrected chi connectivity index (χ3v) is 1.87. The molecule has 0 atom stereocenters. The Bertz CT molecular complexity index is 414. The molecule has 5 heteroatoms. The SMILES string of the molecule is C=CC(=O)OCC[n+]1cccc(C(=O)O)c1. The number of carboxylic acid groups (broad SMARTS) is 1. The van der Waals surface area contributed by atoms with Crippen LogP contribution in [0, 0.1) is 0 Å². The molecule has 0 bridgehead atoms. The van der Waals surface area contributed by atoms with Crippen LogP contribution in [-0.4, -0.2) is 23.7 Å². The zero-order valence-electron chi connectivity index (χ0n) is 8.63. The van der Waals surface area contributed by atoms with Crippen LogP contribution < -0.4 is 4.57 Å². The minimum Gasteiger partial charge on any atom is -0.477 e. The number of esters is 1. The molecule has 1 aromatic rings. The molecule has 0 fully saturated rings. The van der Waals surface area contributed by atoms with Gasteiger partial charge in [-0.1, -0.05) is 6.58 Å². The molecule has 1 N–H and O–H groups in total. The van der Waals surface area contributed by atoms with Crippen molar-refractivity contribution in [3.8, 4) is 0 Å². The van der Waals surface area contributed by atoms with Crippen LogP contribution in [0.1, 0.15) is 10.4 Å². The maximum Gasteiger partial charge on any atom is 0.341 e. The second-order valence-electron chi connectivity index (χ2n) is 3.01. The average molecular weight is 222 g/mol. The molecule has 0 radical (unpaired) electrons. The van der Waals surface area contributed by atoms with Crippen molar-refractivity contribution in [1.82, 2.24) is 0 Å². The molecule has 0 aliphatic rings. The largest absolute Gasteiger partial charge is 0.477 e. The van der Waals surface area contributed by atoms with E-state index in [-0.39, 0.29) is 12.2 Å². The molecule has 0 unspecified atom stereocenters. The first-order chi connectivity index (χ1) is 7.63. The van der Waals surface area contributed by atoms with Crippen LogP contribution >= 0.6 is 0 Å². The van der Waals surface area contributed by atoms with Crippen LogP contribution in [0.2, 0.25) is 0 Å². The summed E-state index contributed by atoms with van der Waals surface area (Å²) in [5.41, 5.74) is 0.192. The number of ether oxygens (including phenoxy) is 1. The highest BCUT2D eigenvalue weighted by molar-refractivity contribution is 5.86. The molecular weight excluding hydrogens is 210 g/mol. The Balaban J connectivity index is 2.54. The first-order valence-electron chi connectivity index (χ1n) is 4.65. The Labute approximate surface area is 92.6 Å². The Morgan fingerprint density at radius 2 is 2.31 bits per heavy atom. The lowest BCUT2D eigenvalue weighted by molar-refractivity contribution is -0.698. The Morgan fingerprint density at radius 1 is 1.56 bits per heavy atom. The van der Waals surface area contributed by atoms with Gasteiger partial charge >= 0.3 is 11.9 Å². The van der Waals surface area contributed by atoms with Crippen molar-refractivity contribution >= 4 is 11.9 Å². The van der Waals surface area contributed by atoms with Gasteiger partial charge in [0.1, 0.15) is 5.56 Å². The first-order valence-corrected chi connectivity index (χ1v) is 4.65. The molecule has 0 aromatic carbocycles. The van der Waals surface area contributed by atoms with E-state index in [9.17, 15) is 9.59 Å². The van der Waals surface area contributed by atoms with Crippen molar-refractivity contribution in [3.05, 3.63) is 42.7 Å². The monoisotopic (exact) mass is 222 g/mol. The van der Waals surface area contributed by atoms with Gasteiger partial charge in [0.05, 0.1) is 0 Å². The maximum atomic E-state index is 10.7. The van der Waals surface area contributed by atoms with Gasteiger partial charge < -0.3 is 9.84 Å². The number of carbonyl (C=O) groups excluding carboxylic acids is 1. The lowest BCUT2D eigenvalue weighted by Crippen LogP contribution is -2.36. The Morgan fingerprint density at radius 3 is 2.94 bits per heavy atom. The highest BCUT2D eigenvalue weighted by Crippen LogP contribution is 1.93. The van der Waals surface area contributed by atoms with Crippen molar-refractivity contribution < 1.29 is 24.0 Å². The van der Waals surface area contributed by atoms with Crippen LogP contribution in [0.15, 0.2) is 37.2 Å². The number of hydrogen-bond donors (Lipinski definition) is 1. The van der Waals surface area contributed by atoms with Crippen LogP contribution in [-0.2, 0) is 16.1 Å². The Hall–Kier alpha value is -2.17. The van der Waals surface area contributed by atoms with Crippen molar-refractivity contribution in [2.75, 3.05) is 6.61 Å². The molecule has 1 heterocycles. The summed E-state index contributed by atoms with van der Waals surface area (Å²) in [7, 11) is 0. The molecule has 5 nitrogen and oxygen atoms in total. The number of carbonyl (C=O) groups is 2. The van der Waals surface area contributed by atoms with Gasteiger partial charge in [-0.2, -0.15) is 0 Å². The summed E-state index contributed by atoms with van der Waals surface area (Å²) < 4.78 is 6.41. The maximum absolute atomic E-state index is 10.7. The van der Waals surface area contributed by atoms with E-state index in [1.807, 2.05) is 0 Å². The van der Waals surface area contributed by atoms with Crippen LogP contribution in [0.4, 0.5) is 0 Å². The predicted octanol–water partition coefficient (Wildman–Crippen LogP) is 0.401. The third-order valence-electron chi connectivity index (χ3n) is 1.87. The standard InChI is InChI=1S/C11H11NO4/c1-2-10(13)16-7-6-12-5-3-4-9(8-12)11(14)15/h2-5,8H,1,6-7H2/p+1. The number of pyridine rings is 1. The van der Waals surface area contributed by atoms with Gasteiger partial charge in [-0.05, 0) is 6.07 Å². The molecule has 1 rings (SSSR count). The highest BCUT2D eigenvalue weighted by Gasteiger charge is 2.08. The minimum atomic E-state index is -0.988. The average Bonchev–Trinajstić information content (AvgIpc) is 2.29. The molecule has 0 saturated carbocycles. The molecule has 0 aliphatic heterocycles. The van der Waals surface area contributed by atoms with E-state index in [0.29, 0.717) is 6.54 Å². The topological polar surface area (TPSA) is 67.5 Å². The fraction of sp³-hybridized carbons (Fsp3) is 0.182. The van der Waals surface area contributed by atoms with E-state index in [1.165, 1.54) is 12.3 Å². The minimum absolute atomic E-state index is 0.179. The summed E-state index contributed by atoms with van der Waals surface area (Å²) in [6.07, 6.45) is 4.26. The molecule has 0 saturated heterocycles. The fourth-order valence-corrected chi connectivity index (χ4v) is 1.10. The number of rotatable bonds is 5. The zero-order valence-corrected chi connectivity index (χ0v) is 8.63. The lowest BCUT2D eigenvalue weighted by Gasteiger charge is -1.99.